The molecule has 4 rings (SSSR count). The van der Waals surface area contributed by atoms with E-state index in [0.29, 0.717) is 12.5 Å². The Bertz CT molecular complexity index is 1270. The Hall–Kier alpha value is -3.27. The number of anilines is 2. The second-order valence-electron chi connectivity index (χ2n) is 12.4. The highest BCUT2D eigenvalue weighted by Gasteiger charge is 2.39. The van der Waals surface area contributed by atoms with Crippen molar-refractivity contribution >= 4 is 17.3 Å². The lowest BCUT2D eigenvalue weighted by atomic mass is 9.83. The predicted octanol–water partition coefficient (Wildman–Crippen LogP) is 8.93. The first-order valence-electron chi connectivity index (χ1n) is 14.8. The second kappa shape index (κ2) is 12.9. The lowest BCUT2D eigenvalue weighted by molar-refractivity contribution is -0.139. The largest absolute Gasteiger partial charge is 0.462 e. The molecule has 4 heteroatoms. The van der Waals surface area contributed by atoms with Crippen molar-refractivity contribution in [2.75, 3.05) is 30.5 Å². The highest BCUT2D eigenvalue weighted by molar-refractivity contribution is 5.86. The number of nitrogens with zero attached hydrogens (tertiary/aromatic N) is 2. The van der Waals surface area contributed by atoms with Crippen LogP contribution in [0.2, 0.25) is 0 Å². The normalized spacial score (nSPS) is 19.1. The maximum atomic E-state index is 12.4. The van der Waals surface area contributed by atoms with Gasteiger partial charge in [0, 0.05) is 53.8 Å². The Morgan fingerprint density at radius 2 is 1.35 bits per heavy atom. The maximum Gasteiger partial charge on any atom is 0.332 e. The van der Waals surface area contributed by atoms with E-state index in [4.69, 9.17) is 4.74 Å². The van der Waals surface area contributed by atoms with E-state index in [0.717, 1.165) is 29.8 Å². The average molecular weight is 543 g/mol. The van der Waals surface area contributed by atoms with Crippen molar-refractivity contribution in [2.45, 2.75) is 85.0 Å². The standard InChI is InChI=1S/C21H31NO2.C15H19N/c1-6-8-11-16(7-2)15-24-20(23)14-19-21(3,4)17-12-9-10-13-18(17)22(19)5;1-11(2)10-14-15(3,4)12-8-6-7-9-13(12)16(14)5/h9-10,12-14,16H,6-8,11,15H2,1-5H3;6-10H,1H2,2-5H3/b19-14+;14-10-. The van der Waals surface area contributed by atoms with Crippen LogP contribution in [-0.2, 0) is 20.4 Å². The molecule has 0 aromatic heterocycles. The van der Waals surface area contributed by atoms with Crippen molar-refractivity contribution in [1.29, 1.82) is 0 Å². The zero-order chi connectivity index (χ0) is 29.7. The summed E-state index contributed by atoms with van der Waals surface area (Å²) in [5.41, 5.74) is 8.42. The van der Waals surface area contributed by atoms with Crippen LogP contribution >= 0.6 is 0 Å². The Morgan fingerprint density at radius 1 is 0.875 bits per heavy atom. The molecule has 2 aliphatic heterocycles. The van der Waals surface area contributed by atoms with Gasteiger partial charge in [-0.3, -0.25) is 0 Å². The van der Waals surface area contributed by atoms with Gasteiger partial charge in [0.15, 0.2) is 0 Å². The molecule has 216 valence electrons. The summed E-state index contributed by atoms with van der Waals surface area (Å²) >= 11 is 0. The maximum absolute atomic E-state index is 12.4. The zero-order valence-electron chi connectivity index (χ0n) is 26.3. The van der Waals surface area contributed by atoms with Crippen LogP contribution in [0.3, 0.4) is 0 Å². The first kappa shape index (κ1) is 31.3. The van der Waals surface area contributed by atoms with Crippen molar-refractivity contribution in [3.05, 3.63) is 95.4 Å². The van der Waals surface area contributed by atoms with E-state index in [-0.39, 0.29) is 16.8 Å². The van der Waals surface area contributed by atoms with Crippen LogP contribution in [0, 0.1) is 5.92 Å². The molecule has 0 amide bonds. The molecule has 0 bridgehead atoms. The van der Waals surface area contributed by atoms with Crippen molar-refractivity contribution in [3.63, 3.8) is 0 Å². The lowest BCUT2D eigenvalue weighted by Gasteiger charge is -2.24. The van der Waals surface area contributed by atoms with Gasteiger partial charge in [0.05, 0.1) is 6.61 Å². The van der Waals surface area contributed by atoms with Crippen LogP contribution in [0.4, 0.5) is 11.4 Å². The summed E-state index contributed by atoms with van der Waals surface area (Å²) < 4.78 is 5.55. The fraction of sp³-hybridized carbons (Fsp3) is 0.472. The number of hydrogen-bond donors (Lipinski definition) is 0. The topological polar surface area (TPSA) is 32.8 Å². The Kier molecular flexibility index (Phi) is 10.1. The minimum absolute atomic E-state index is 0.0737. The number of para-hydroxylation sites is 2. The molecule has 2 aromatic rings. The number of carbonyl (C=O) groups is 1. The van der Waals surface area contributed by atoms with E-state index in [1.54, 1.807) is 6.08 Å². The molecule has 2 heterocycles. The van der Waals surface area contributed by atoms with E-state index in [9.17, 15) is 4.79 Å². The Balaban J connectivity index is 0.000000238. The van der Waals surface area contributed by atoms with Crippen LogP contribution in [0.1, 0.15) is 85.3 Å². The molecule has 0 saturated carbocycles. The summed E-state index contributed by atoms with van der Waals surface area (Å²) in [6.07, 6.45) is 8.43. The molecule has 0 aliphatic carbocycles. The van der Waals surface area contributed by atoms with Crippen LogP contribution < -0.4 is 9.80 Å². The van der Waals surface area contributed by atoms with Gasteiger partial charge in [-0.1, -0.05) is 109 Å². The summed E-state index contributed by atoms with van der Waals surface area (Å²) in [5, 5.41) is 0. The van der Waals surface area contributed by atoms with Gasteiger partial charge in [-0.25, -0.2) is 4.79 Å². The molecule has 4 nitrogen and oxygen atoms in total. The van der Waals surface area contributed by atoms with Gasteiger partial charge in [0.2, 0.25) is 0 Å². The molecular weight excluding hydrogens is 492 g/mol. The minimum atomic E-state index is -0.229. The average Bonchev–Trinajstić information content (AvgIpc) is 3.23. The number of fused-ring (bicyclic) bond motifs is 2. The first-order chi connectivity index (χ1) is 18.9. The monoisotopic (exact) mass is 542 g/mol. The molecule has 0 N–H and O–H groups in total. The minimum Gasteiger partial charge on any atom is -0.462 e. The summed E-state index contributed by atoms with van der Waals surface area (Å²) in [6.45, 7) is 19.8. The Labute approximate surface area is 243 Å². The Morgan fingerprint density at radius 3 is 1.77 bits per heavy atom. The fourth-order valence-corrected chi connectivity index (χ4v) is 6.00. The van der Waals surface area contributed by atoms with Gasteiger partial charge >= 0.3 is 5.97 Å². The van der Waals surface area contributed by atoms with Crippen LogP contribution in [0.15, 0.2) is 84.2 Å². The van der Waals surface area contributed by atoms with Crippen molar-refractivity contribution in [1.82, 2.24) is 0 Å². The first-order valence-corrected chi connectivity index (χ1v) is 14.8. The summed E-state index contributed by atoms with van der Waals surface area (Å²) in [6, 6.07) is 16.9. The van der Waals surface area contributed by atoms with E-state index >= 15 is 0 Å². The number of unbranched alkanes of at least 4 members (excludes halogenated alkanes) is 1. The number of carbonyl (C=O) groups excluding carboxylic acids is 1. The molecule has 1 unspecified atom stereocenters. The SMILES string of the molecule is C=C(C)/C=C1\N(C)c2ccccc2C1(C)C.CCCCC(CC)COC(=O)/C=C1/N(C)c2ccccc2C1(C)C. The number of hydrogen-bond acceptors (Lipinski definition) is 4. The van der Waals surface area contributed by atoms with Gasteiger partial charge in [0.1, 0.15) is 0 Å². The van der Waals surface area contributed by atoms with Gasteiger partial charge in [-0.05, 0) is 48.6 Å². The van der Waals surface area contributed by atoms with Crippen LogP contribution in [0.25, 0.3) is 0 Å². The number of ether oxygens (including phenoxy) is 1. The van der Waals surface area contributed by atoms with E-state index < -0.39 is 0 Å². The van der Waals surface area contributed by atoms with E-state index in [2.05, 4.69) is 114 Å². The van der Waals surface area contributed by atoms with Gasteiger partial charge in [-0.15, -0.1) is 0 Å². The van der Waals surface area contributed by atoms with Gasteiger partial charge in [-0.2, -0.15) is 0 Å². The fourth-order valence-electron chi connectivity index (χ4n) is 6.00. The number of likely N-dealkylation sites (N-methyl/N-ethyl adjacent to an activating group) is 2. The van der Waals surface area contributed by atoms with Crippen LogP contribution in [-0.4, -0.2) is 26.7 Å². The van der Waals surface area contributed by atoms with Crippen LogP contribution in [0.5, 0.6) is 0 Å². The molecule has 2 aromatic carbocycles. The van der Waals surface area contributed by atoms with Crippen molar-refractivity contribution < 1.29 is 9.53 Å². The molecule has 1 atom stereocenters. The predicted molar refractivity (Wildman–Crippen MR) is 171 cm³/mol. The highest BCUT2D eigenvalue weighted by Crippen LogP contribution is 2.47. The second-order valence-corrected chi connectivity index (χ2v) is 12.4. The smallest absolute Gasteiger partial charge is 0.332 e. The summed E-state index contributed by atoms with van der Waals surface area (Å²) in [7, 11) is 4.14. The number of allylic oxidation sites excluding steroid dienone is 4. The third-order valence-electron chi connectivity index (χ3n) is 8.52. The van der Waals surface area contributed by atoms with E-state index in [1.807, 2.05) is 20.0 Å². The number of benzene rings is 2. The van der Waals surface area contributed by atoms with Crippen molar-refractivity contribution in [2.24, 2.45) is 5.92 Å². The number of esters is 1. The molecular formula is C36H50N2O2. The highest BCUT2D eigenvalue weighted by atomic mass is 16.5. The van der Waals surface area contributed by atoms with Gasteiger partial charge in [0.25, 0.3) is 0 Å². The molecule has 0 saturated heterocycles. The molecule has 0 radical (unpaired) electrons. The summed E-state index contributed by atoms with van der Waals surface area (Å²) in [4.78, 5) is 16.7. The third-order valence-corrected chi connectivity index (χ3v) is 8.52. The molecule has 40 heavy (non-hydrogen) atoms. The molecule has 0 fully saturated rings. The zero-order valence-corrected chi connectivity index (χ0v) is 26.3. The van der Waals surface area contributed by atoms with Gasteiger partial charge < -0.3 is 14.5 Å². The third kappa shape index (κ3) is 6.54. The molecule has 0 spiro atoms. The number of rotatable bonds is 8. The van der Waals surface area contributed by atoms with E-state index in [1.165, 1.54) is 35.4 Å². The quantitative estimate of drug-likeness (QED) is 0.246. The van der Waals surface area contributed by atoms with Crippen molar-refractivity contribution in [3.8, 4) is 0 Å². The molecule has 2 aliphatic rings. The lowest BCUT2D eigenvalue weighted by Crippen LogP contribution is -2.24. The summed E-state index contributed by atoms with van der Waals surface area (Å²) in [5.74, 6) is 0.242.